The largest absolute Gasteiger partial charge is 0.389 e. The summed E-state index contributed by atoms with van der Waals surface area (Å²) in [7, 11) is 0. The van der Waals surface area contributed by atoms with Gasteiger partial charge in [-0.15, -0.1) is 0 Å². The Morgan fingerprint density at radius 2 is 1.97 bits per heavy atom. The van der Waals surface area contributed by atoms with Crippen molar-refractivity contribution in [2.24, 2.45) is 0 Å². The maximum absolute atomic E-state index is 15.2. The fourth-order valence-electron chi connectivity index (χ4n) is 5.27. The molecule has 7 nitrogen and oxygen atoms in total. The second kappa shape index (κ2) is 9.47. The van der Waals surface area contributed by atoms with Gasteiger partial charge in [0.1, 0.15) is 17.2 Å². The molecule has 2 aromatic carbocycles. The zero-order chi connectivity index (χ0) is 26.5. The van der Waals surface area contributed by atoms with Crippen molar-refractivity contribution in [2.75, 3.05) is 22.9 Å². The summed E-state index contributed by atoms with van der Waals surface area (Å²) in [5.74, 6) is -1.54. The van der Waals surface area contributed by atoms with Crippen molar-refractivity contribution in [3.05, 3.63) is 64.5 Å². The van der Waals surface area contributed by atoms with E-state index in [2.05, 4.69) is 4.85 Å². The zero-order valence-corrected chi connectivity index (χ0v) is 21.2. The van der Waals surface area contributed by atoms with Gasteiger partial charge in [0.25, 0.3) is 5.91 Å². The Bertz CT molecular complexity index is 1350. The molecule has 0 aromatic heterocycles. The monoisotopic (exact) mass is 524 g/mol. The van der Waals surface area contributed by atoms with Crippen molar-refractivity contribution in [3.63, 3.8) is 0 Å². The number of halogens is 2. The lowest BCUT2D eigenvalue weighted by molar-refractivity contribution is -0.141. The Kier molecular flexibility index (Phi) is 6.46. The van der Waals surface area contributed by atoms with Crippen LogP contribution in [0.15, 0.2) is 30.3 Å². The number of thiocarbonyl (C=S) groups is 1. The number of anilines is 2. The molecule has 0 bridgehead atoms. The molecule has 5 rings (SSSR count). The molecular formula is C27H26F2N4O3S. The summed E-state index contributed by atoms with van der Waals surface area (Å²) in [4.78, 5) is 33.4. The molecule has 10 heteroatoms. The molecule has 0 radical (unpaired) electrons. The fourth-order valence-corrected chi connectivity index (χ4v) is 5.73. The van der Waals surface area contributed by atoms with Gasteiger partial charge in [-0.1, -0.05) is 12.1 Å². The molecular weight excluding hydrogens is 498 g/mol. The van der Waals surface area contributed by atoms with Crippen molar-refractivity contribution in [3.8, 4) is 0 Å². The second-order valence-corrected chi connectivity index (χ2v) is 10.2. The molecule has 2 aromatic rings. The molecule has 0 unspecified atom stereocenters. The molecule has 1 saturated carbocycles. The van der Waals surface area contributed by atoms with Gasteiger partial charge < -0.3 is 14.9 Å². The summed E-state index contributed by atoms with van der Waals surface area (Å²) in [6, 6.07) is 7.55. The average Bonchev–Trinajstić information content (AvgIpc) is 3.06. The van der Waals surface area contributed by atoms with Crippen molar-refractivity contribution in [1.29, 1.82) is 0 Å². The minimum absolute atomic E-state index is 0.00912. The Balaban J connectivity index is 1.37. The van der Waals surface area contributed by atoms with E-state index in [-0.39, 0.29) is 40.3 Å². The van der Waals surface area contributed by atoms with Crippen LogP contribution in [0.5, 0.6) is 0 Å². The maximum atomic E-state index is 15.2. The van der Waals surface area contributed by atoms with E-state index in [1.807, 2.05) is 0 Å². The first-order valence-electron chi connectivity index (χ1n) is 12.3. The van der Waals surface area contributed by atoms with Crippen LogP contribution >= 0.6 is 12.2 Å². The number of carbonyl (C=O) groups excluding carboxylic acids is 2. The first-order valence-corrected chi connectivity index (χ1v) is 12.7. The van der Waals surface area contributed by atoms with Crippen LogP contribution in [0.1, 0.15) is 43.2 Å². The van der Waals surface area contributed by atoms with Crippen LogP contribution in [0.4, 0.5) is 25.8 Å². The Morgan fingerprint density at radius 3 is 2.57 bits per heavy atom. The van der Waals surface area contributed by atoms with Crippen molar-refractivity contribution < 1.29 is 23.5 Å². The van der Waals surface area contributed by atoms with Crippen LogP contribution in [0.2, 0.25) is 0 Å². The van der Waals surface area contributed by atoms with Crippen molar-refractivity contribution >= 4 is 46.2 Å². The lowest BCUT2D eigenvalue weighted by atomic mass is 9.75. The highest BCUT2D eigenvalue weighted by molar-refractivity contribution is 7.81. The van der Waals surface area contributed by atoms with E-state index in [1.54, 1.807) is 21.9 Å². The predicted octanol–water partition coefficient (Wildman–Crippen LogP) is 4.41. The molecule has 192 valence electrons. The molecule has 3 aliphatic rings. The fraction of sp³-hybridized carbons (Fsp3) is 0.407. The predicted molar refractivity (Wildman–Crippen MR) is 138 cm³/mol. The molecule has 0 atom stereocenters. The molecule has 2 heterocycles. The average molecular weight is 525 g/mol. The summed E-state index contributed by atoms with van der Waals surface area (Å²) < 4.78 is 30.4. The zero-order valence-electron chi connectivity index (χ0n) is 20.3. The summed E-state index contributed by atoms with van der Waals surface area (Å²) in [5, 5.41) is 9.41. The highest BCUT2D eigenvalue weighted by Gasteiger charge is 2.60. The van der Waals surface area contributed by atoms with E-state index in [1.165, 1.54) is 30.0 Å². The number of hydrogen-bond donors (Lipinski definition) is 1. The summed E-state index contributed by atoms with van der Waals surface area (Å²) in [5.41, 5.74) is 0.178. The number of β-amino-alcohol motifs (C(OH)–C–C–N with tert-alkyl or cyclic N) is 1. The van der Waals surface area contributed by atoms with E-state index in [0.717, 1.165) is 6.42 Å². The standard InChI is InChI=1S/C27H26F2N4O3S/c1-16-21(30-2)9-10-22(24(16)29)32-25(36)27(11-4-12-27)33(26(32)37)18-8-7-17(20(28)13-18)5-3-6-23(35)31-14-19(34)15-31/h7-10,13,19,34H,3-6,11-12,14-15H2,1H3. The van der Waals surface area contributed by atoms with Gasteiger partial charge >= 0.3 is 0 Å². The third kappa shape index (κ3) is 4.06. The summed E-state index contributed by atoms with van der Waals surface area (Å²) >= 11 is 5.66. The van der Waals surface area contributed by atoms with Gasteiger partial charge in [-0.3, -0.25) is 14.5 Å². The number of rotatable bonds is 6. The molecule has 2 saturated heterocycles. The molecule has 2 amide bonds. The van der Waals surface area contributed by atoms with Crippen molar-refractivity contribution in [2.45, 2.75) is 57.1 Å². The highest BCUT2D eigenvalue weighted by atomic mass is 32.1. The van der Waals surface area contributed by atoms with Gasteiger partial charge in [0, 0.05) is 25.2 Å². The van der Waals surface area contributed by atoms with Crippen molar-refractivity contribution in [1.82, 2.24) is 4.90 Å². The number of amides is 2. The first-order chi connectivity index (χ1) is 17.7. The quantitative estimate of drug-likeness (QED) is 0.448. The minimum atomic E-state index is -0.988. The van der Waals surface area contributed by atoms with Gasteiger partial charge in [-0.2, -0.15) is 0 Å². The van der Waals surface area contributed by atoms with Crippen LogP contribution in [0, 0.1) is 25.1 Å². The Hall–Kier alpha value is -3.42. The number of aliphatic hydroxyl groups is 1. The van der Waals surface area contributed by atoms with Gasteiger partial charge in [0.05, 0.1) is 18.4 Å². The number of hydrogen-bond acceptors (Lipinski definition) is 4. The number of nitrogens with zero attached hydrogens (tertiary/aromatic N) is 4. The lowest BCUT2D eigenvalue weighted by Gasteiger charge is -2.43. The van der Waals surface area contributed by atoms with Crippen LogP contribution in [0.25, 0.3) is 4.85 Å². The first kappa shape index (κ1) is 25.2. The number of benzene rings is 2. The number of aliphatic hydroxyl groups excluding tert-OH is 1. The highest BCUT2D eigenvalue weighted by Crippen LogP contribution is 2.48. The number of likely N-dealkylation sites (tertiary alicyclic amines) is 1. The van der Waals surface area contributed by atoms with E-state index in [4.69, 9.17) is 18.8 Å². The third-order valence-corrected chi connectivity index (χ3v) is 8.00. The molecule has 37 heavy (non-hydrogen) atoms. The maximum Gasteiger partial charge on any atom is 0.259 e. The van der Waals surface area contributed by atoms with E-state index < -0.39 is 23.3 Å². The Labute approximate surface area is 219 Å². The van der Waals surface area contributed by atoms with E-state index in [0.29, 0.717) is 50.0 Å². The number of aryl methyl sites for hydroxylation is 1. The van der Waals surface area contributed by atoms with Gasteiger partial charge in [0.2, 0.25) is 5.91 Å². The van der Waals surface area contributed by atoms with Gasteiger partial charge in [-0.25, -0.2) is 13.6 Å². The van der Waals surface area contributed by atoms with Crippen LogP contribution in [0.3, 0.4) is 0 Å². The van der Waals surface area contributed by atoms with Gasteiger partial charge in [-0.05, 0) is 80.6 Å². The number of carbonyl (C=O) groups is 2. The van der Waals surface area contributed by atoms with Gasteiger partial charge in [0.15, 0.2) is 10.8 Å². The molecule has 1 spiro atoms. The normalized spacial score (nSPS) is 18.7. The third-order valence-electron chi connectivity index (χ3n) is 7.64. The van der Waals surface area contributed by atoms with Crippen LogP contribution in [-0.2, 0) is 16.0 Å². The Morgan fingerprint density at radius 1 is 1.24 bits per heavy atom. The van der Waals surface area contributed by atoms with Crippen LogP contribution < -0.4 is 9.80 Å². The minimum Gasteiger partial charge on any atom is -0.389 e. The van der Waals surface area contributed by atoms with Crippen LogP contribution in [-0.4, -0.2) is 51.7 Å². The molecule has 3 fully saturated rings. The smallest absolute Gasteiger partial charge is 0.259 e. The molecule has 2 aliphatic heterocycles. The topological polar surface area (TPSA) is 68.5 Å². The lowest BCUT2D eigenvalue weighted by Crippen LogP contribution is -2.55. The van der Waals surface area contributed by atoms with E-state index >= 15 is 8.78 Å². The second-order valence-electron chi connectivity index (χ2n) is 9.88. The summed E-state index contributed by atoms with van der Waals surface area (Å²) in [6.07, 6.45) is 2.48. The molecule has 1 aliphatic carbocycles. The van der Waals surface area contributed by atoms with E-state index in [9.17, 15) is 14.7 Å². The molecule has 1 N–H and O–H groups in total. The SMILES string of the molecule is [C-]#[N+]c1ccc(N2C(=O)C3(CCC3)N(c3ccc(CCCC(=O)N4CC(O)C4)c(F)c3)C2=S)c(F)c1C. The summed E-state index contributed by atoms with van der Waals surface area (Å²) in [6.45, 7) is 9.39.